The van der Waals surface area contributed by atoms with Crippen LogP contribution in [0.2, 0.25) is 0 Å². The summed E-state index contributed by atoms with van der Waals surface area (Å²) in [6.07, 6.45) is 5.34. The number of oxime groups is 1. The molecule has 0 aromatic carbocycles. The molecule has 1 spiro atoms. The predicted molar refractivity (Wildman–Crippen MR) is 133 cm³/mol. The first-order valence-corrected chi connectivity index (χ1v) is 12.6. The van der Waals surface area contributed by atoms with Gasteiger partial charge in [0.2, 0.25) is 0 Å². The lowest BCUT2D eigenvalue weighted by Crippen LogP contribution is -2.48. The van der Waals surface area contributed by atoms with Gasteiger partial charge in [-0.25, -0.2) is 4.79 Å². The minimum absolute atomic E-state index is 0. The molecule has 0 unspecified atom stereocenters. The van der Waals surface area contributed by atoms with Crippen molar-refractivity contribution in [1.82, 2.24) is 0 Å². The molecule has 1 saturated heterocycles. The number of hydrogen-bond acceptors (Lipinski definition) is 10. The summed E-state index contributed by atoms with van der Waals surface area (Å²) in [6, 6.07) is 0. The second-order valence-corrected chi connectivity index (χ2v) is 9.66. The fraction of sp³-hybridized carbons (Fsp3) is 0.800. The molecule has 2 aliphatic carbocycles. The molecule has 3 atom stereocenters. The van der Waals surface area contributed by atoms with Gasteiger partial charge in [0.05, 0.1) is 6.61 Å². The summed E-state index contributed by atoms with van der Waals surface area (Å²) in [5.41, 5.74) is -1.28. The van der Waals surface area contributed by atoms with Crippen molar-refractivity contribution in [3.05, 3.63) is 0 Å². The Morgan fingerprint density at radius 3 is 2.14 bits per heavy atom. The van der Waals surface area contributed by atoms with E-state index < -0.39 is 40.8 Å². The second-order valence-electron chi connectivity index (χ2n) is 9.66. The van der Waals surface area contributed by atoms with Gasteiger partial charge in [-0.2, -0.15) is 0 Å². The first-order chi connectivity index (χ1) is 19.6. The van der Waals surface area contributed by atoms with E-state index in [1.54, 1.807) is 13.8 Å². The molecule has 35 heavy (non-hydrogen) atoms. The van der Waals surface area contributed by atoms with E-state index in [2.05, 4.69) is 5.16 Å². The predicted octanol–water partition coefficient (Wildman–Crippen LogP) is 4.08. The summed E-state index contributed by atoms with van der Waals surface area (Å²) in [6.45, 7) is 6.35. The van der Waals surface area contributed by atoms with Crippen molar-refractivity contribution in [3.63, 3.8) is 0 Å². The van der Waals surface area contributed by atoms with Crippen LogP contribution in [0.3, 0.4) is 0 Å². The highest BCUT2D eigenvalue weighted by Crippen LogP contribution is 2.44. The number of ether oxygens (including phenoxy) is 3. The lowest BCUT2D eigenvalue weighted by molar-refractivity contribution is -0.173. The molecule has 3 rings (SSSR count). The first kappa shape index (κ1) is 24.2. The summed E-state index contributed by atoms with van der Waals surface area (Å²) in [4.78, 5) is 48.0. The third-order valence-electron chi connectivity index (χ3n) is 7.21. The van der Waals surface area contributed by atoms with E-state index in [1.807, 2.05) is 0 Å². The molecule has 0 aromatic rings. The van der Waals surface area contributed by atoms with Crippen molar-refractivity contribution < 1.29 is 54.0 Å². The SMILES string of the molecule is CCOC(=O)C1(C(=O)[C@H](C)OC(=O)[C@H](C)O)CCCCC1.C[C@@H]1OC(=O)C2(CCCCC2)C1=NO.[2HH].[2H][2H].[2H][2H].[2H][2H]. The van der Waals surface area contributed by atoms with Crippen LogP contribution >= 0.6 is 0 Å². The normalized spacial score (nSPS) is 26.3. The zero-order chi connectivity index (χ0) is 32.2. The van der Waals surface area contributed by atoms with E-state index in [4.69, 9.17) is 33.4 Å². The Bertz CT molecular complexity index is 835. The molecule has 0 amide bonds. The molecule has 10 nitrogen and oxygen atoms in total. The van der Waals surface area contributed by atoms with E-state index in [1.165, 1.54) is 13.8 Å². The van der Waals surface area contributed by atoms with Gasteiger partial charge in [-0.3, -0.25) is 14.4 Å². The van der Waals surface area contributed by atoms with Crippen LogP contribution in [0.15, 0.2) is 5.16 Å². The van der Waals surface area contributed by atoms with E-state index in [0.29, 0.717) is 18.6 Å². The smallest absolute Gasteiger partial charge is 0.335 e. The lowest BCUT2D eigenvalue weighted by Gasteiger charge is -2.34. The largest absolute Gasteiger partial charge is 0.465 e. The first-order valence-electron chi connectivity index (χ1n) is 15.6. The maximum atomic E-state index is 12.6. The van der Waals surface area contributed by atoms with Crippen molar-refractivity contribution in [2.45, 2.75) is 110 Å². The molecule has 0 aromatic heterocycles. The van der Waals surface area contributed by atoms with Crippen LogP contribution in [0.1, 0.15) is 102 Å². The van der Waals surface area contributed by atoms with E-state index in [0.717, 1.165) is 51.4 Å². The number of carbonyl (C=O) groups is 4. The number of Topliss-reactive ketones (excluding diaryl/α,β-unsaturated/α-hetero) is 1. The zero-order valence-electron chi connectivity index (χ0n) is 27.2. The maximum absolute atomic E-state index is 12.6. The standard InChI is InChI=1S/C15H24O6.C10H15NO3.4H2/c1-4-20-14(19)15(8-6-5-7-9-15)12(17)11(3)21-13(18)10(2)16;1-7-8(11-13)10(9(12)14-7)5-3-2-4-6-10;;;;/h10-11,16H,4-9H2,1-3H3;7,13H,2-6H2,1H3;4*1H/t10-,11-;7-;;;;/m00..../s1/i;;3*1+1D;1+1. The third-order valence-corrected chi connectivity index (χ3v) is 7.21. The molecule has 2 N–H and O–H groups in total. The number of esters is 3. The monoisotopic (exact) mass is 512 g/mol. The second kappa shape index (κ2) is 12.5. The molecule has 3 fully saturated rings. The Hall–Kier alpha value is -2.49. The third kappa shape index (κ3) is 6.20. The molecule has 3 aliphatic rings. The van der Waals surface area contributed by atoms with Crippen LogP contribution in [0.5, 0.6) is 0 Å². The molecular formula is C25H47NO9. The molecule has 0 radical (unpaired) electrons. The van der Waals surface area contributed by atoms with Gasteiger partial charge in [0, 0.05) is 10.3 Å². The van der Waals surface area contributed by atoms with Gasteiger partial charge in [0.1, 0.15) is 28.7 Å². The van der Waals surface area contributed by atoms with Crippen LogP contribution in [0.4, 0.5) is 0 Å². The molecule has 2 saturated carbocycles. The quantitative estimate of drug-likeness (QED) is 0.176. The summed E-state index contributed by atoms with van der Waals surface area (Å²) >= 11 is 0. The number of cyclic esters (lactones) is 1. The van der Waals surface area contributed by atoms with E-state index >= 15 is 0 Å². The van der Waals surface area contributed by atoms with Crippen LogP contribution in [-0.4, -0.2) is 64.6 Å². The van der Waals surface area contributed by atoms with Crippen LogP contribution in [0, 0.1) is 10.8 Å². The fourth-order valence-electron chi connectivity index (χ4n) is 5.31. The van der Waals surface area contributed by atoms with Gasteiger partial charge in [-0.1, -0.05) is 43.7 Å². The Balaban J connectivity index is -0.000000628. The van der Waals surface area contributed by atoms with Crippen molar-refractivity contribution >= 4 is 29.4 Å². The van der Waals surface area contributed by atoms with Gasteiger partial charge < -0.3 is 24.5 Å². The highest BCUT2D eigenvalue weighted by Gasteiger charge is 2.54. The molecule has 10 heteroatoms. The summed E-state index contributed by atoms with van der Waals surface area (Å²) in [7, 11) is 0. The van der Waals surface area contributed by atoms with Crippen LogP contribution < -0.4 is 0 Å². The van der Waals surface area contributed by atoms with Crippen LogP contribution in [0.25, 0.3) is 0 Å². The van der Waals surface area contributed by atoms with Gasteiger partial charge in [-0.15, -0.1) is 0 Å². The van der Waals surface area contributed by atoms with Gasteiger partial charge in [0.25, 0.3) is 0 Å². The Morgan fingerprint density at radius 1 is 1.11 bits per heavy atom. The zero-order valence-corrected chi connectivity index (χ0v) is 21.2. The molecule has 1 aliphatic heterocycles. The van der Waals surface area contributed by atoms with Crippen molar-refractivity contribution in [1.29, 1.82) is 0 Å². The summed E-state index contributed by atoms with van der Waals surface area (Å²) < 4.78 is 45.1. The summed E-state index contributed by atoms with van der Waals surface area (Å²) in [5, 5.41) is 21.3. The highest BCUT2D eigenvalue weighted by atomic mass is 16.6. The number of carbonyl (C=O) groups excluding carboxylic acids is 4. The minimum atomic E-state index is -1.30. The summed E-state index contributed by atoms with van der Waals surface area (Å²) in [5.74, 6) is -2.03. The minimum Gasteiger partial charge on any atom is -0.465 e. The molecule has 0 bridgehead atoms. The van der Waals surface area contributed by atoms with Gasteiger partial charge >= 0.3 is 17.9 Å². The number of aliphatic hydroxyl groups excluding tert-OH is 1. The van der Waals surface area contributed by atoms with E-state index in [-0.39, 0.29) is 20.1 Å². The molecular weight excluding hydrogens is 458 g/mol. The fourth-order valence-corrected chi connectivity index (χ4v) is 5.31. The molecule has 1 heterocycles. The number of nitrogens with zero attached hydrogens (tertiary/aromatic N) is 1. The average molecular weight is 513 g/mol. The number of hydrogen-bond donors (Lipinski definition) is 2. The van der Waals surface area contributed by atoms with Crippen molar-refractivity contribution in [2.24, 2.45) is 16.0 Å². The van der Waals surface area contributed by atoms with Gasteiger partial charge in [-0.05, 0) is 53.4 Å². The average Bonchev–Trinajstić information content (AvgIpc) is 3.23. The number of rotatable bonds is 6. The van der Waals surface area contributed by atoms with Gasteiger partial charge in [0.15, 0.2) is 11.9 Å². The lowest BCUT2D eigenvalue weighted by atomic mass is 9.70. The van der Waals surface area contributed by atoms with Crippen molar-refractivity contribution in [2.75, 3.05) is 6.61 Å². The molecule has 206 valence electrons. The Labute approximate surface area is 217 Å². The Kier molecular flexibility index (Phi) is 8.62. The highest BCUT2D eigenvalue weighted by molar-refractivity contribution is 6.13. The Morgan fingerprint density at radius 2 is 1.66 bits per heavy atom. The maximum Gasteiger partial charge on any atom is 0.335 e. The van der Waals surface area contributed by atoms with Crippen molar-refractivity contribution in [3.8, 4) is 0 Å². The number of ketones is 1. The topological polar surface area (TPSA) is 149 Å². The number of aliphatic hydroxyl groups is 1. The van der Waals surface area contributed by atoms with Crippen LogP contribution in [-0.2, 0) is 33.4 Å². The van der Waals surface area contributed by atoms with E-state index in [9.17, 15) is 19.2 Å².